The van der Waals surface area contributed by atoms with Gasteiger partial charge in [0.15, 0.2) is 17.5 Å². The van der Waals surface area contributed by atoms with Gasteiger partial charge in [-0.3, -0.25) is 5.01 Å². The molecular formula is C16H11F6N3O2S. The highest BCUT2D eigenvalue weighted by atomic mass is 32.2. The van der Waals surface area contributed by atoms with Gasteiger partial charge in [0.2, 0.25) is 10.0 Å². The first-order valence-electron chi connectivity index (χ1n) is 7.59. The van der Waals surface area contributed by atoms with Crippen LogP contribution in [-0.2, 0) is 10.0 Å². The number of sulfonamides is 1. The lowest BCUT2D eigenvalue weighted by Crippen LogP contribution is -2.22. The van der Waals surface area contributed by atoms with Crippen molar-refractivity contribution in [2.45, 2.75) is 23.5 Å². The molecule has 2 aromatic rings. The van der Waals surface area contributed by atoms with Gasteiger partial charge in [-0.05, 0) is 30.3 Å². The maximum absolute atomic E-state index is 14.2. The van der Waals surface area contributed by atoms with Crippen molar-refractivity contribution in [1.82, 2.24) is 0 Å². The van der Waals surface area contributed by atoms with Crippen LogP contribution in [0.2, 0.25) is 0 Å². The minimum Gasteiger partial charge on any atom is -0.257 e. The Labute approximate surface area is 155 Å². The van der Waals surface area contributed by atoms with Crippen LogP contribution in [0.3, 0.4) is 0 Å². The third-order valence-electron chi connectivity index (χ3n) is 4.09. The topological polar surface area (TPSA) is 75.8 Å². The van der Waals surface area contributed by atoms with Crippen molar-refractivity contribution in [3.8, 4) is 0 Å². The lowest BCUT2D eigenvalue weighted by Gasteiger charge is -2.24. The molecule has 3 rings (SSSR count). The van der Waals surface area contributed by atoms with Gasteiger partial charge < -0.3 is 0 Å². The Hall–Kier alpha value is -2.60. The molecule has 0 radical (unpaired) electrons. The summed E-state index contributed by atoms with van der Waals surface area (Å²) in [7, 11) is -4.05. The normalized spacial score (nSPS) is 17.8. The van der Waals surface area contributed by atoms with E-state index in [1.807, 2.05) is 0 Å². The van der Waals surface area contributed by atoms with Crippen molar-refractivity contribution in [3.63, 3.8) is 0 Å². The van der Waals surface area contributed by atoms with Gasteiger partial charge in [-0.15, -0.1) is 0 Å². The molecule has 1 aliphatic heterocycles. The maximum Gasteiger partial charge on any atom is 0.431 e. The Kier molecular flexibility index (Phi) is 4.88. The van der Waals surface area contributed by atoms with Crippen molar-refractivity contribution < 1.29 is 34.8 Å². The van der Waals surface area contributed by atoms with E-state index in [1.165, 1.54) is 0 Å². The molecule has 1 heterocycles. The summed E-state index contributed by atoms with van der Waals surface area (Å²) in [5, 5.41) is 9.17. The first-order chi connectivity index (χ1) is 12.9. The number of halogens is 6. The van der Waals surface area contributed by atoms with Gasteiger partial charge in [0.05, 0.1) is 16.6 Å². The number of nitrogens with two attached hydrogens (primary N) is 1. The van der Waals surface area contributed by atoms with Crippen LogP contribution in [0.15, 0.2) is 46.4 Å². The number of hydrogen-bond acceptors (Lipinski definition) is 4. The van der Waals surface area contributed by atoms with Crippen LogP contribution < -0.4 is 10.1 Å². The van der Waals surface area contributed by atoms with Gasteiger partial charge in [-0.25, -0.2) is 26.7 Å². The maximum atomic E-state index is 14.2. The first kappa shape index (κ1) is 20.1. The van der Waals surface area contributed by atoms with Crippen LogP contribution in [0, 0.1) is 17.5 Å². The Morgan fingerprint density at radius 1 is 1.00 bits per heavy atom. The second kappa shape index (κ2) is 6.78. The van der Waals surface area contributed by atoms with Crippen molar-refractivity contribution in [2.24, 2.45) is 10.2 Å². The number of benzene rings is 2. The molecule has 0 aromatic heterocycles. The number of nitrogens with zero attached hydrogens (tertiary/aromatic N) is 2. The summed E-state index contributed by atoms with van der Waals surface area (Å²) in [6, 6.07) is 4.31. The quantitative estimate of drug-likeness (QED) is 0.605. The van der Waals surface area contributed by atoms with Crippen LogP contribution in [-0.4, -0.2) is 20.3 Å². The molecule has 5 nitrogen and oxygen atoms in total. The van der Waals surface area contributed by atoms with Crippen LogP contribution in [0.5, 0.6) is 0 Å². The fourth-order valence-corrected chi connectivity index (χ4v) is 3.26. The zero-order chi connectivity index (χ0) is 20.9. The Morgan fingerprint density at radius 2 is 1.61 bits per heavy atom. The van der Waals surface area contributed by atoms with Crippen molar-refractivity contribution in [3.05, 3.63) is 59.4 Å². The van der Waals surface area contributed by atoms with Gasteiger partial charge in [-0.2, -0.15) is 18.3 Å². The molecule has 0 saturated carbocycles. The molecular weight excluding hydrogens is 412 g/mol. The smallest absolute Gasteiger partial charge is 0.257 e. The highest BCUT2D eigenvalue weighted by molar-refractivity contribution is 7.89. The number of hydrogen-bond donors (Lipinski definition) is 1. The van der Waals surface area contributed by atoms with E-state index >= 15 is 0 Å². The summed E-state index contributed by atoms with van der Waals surface area (Å²) in [5.41, 5.74) is -1.81. The second-order valence-electron chi connectivity index (χ2n) is 5.91. The molecule has 1 unspecified atom stereocenters. The number of alkyl halides is 3. The highest BCUT2D eigenvalue weighted by Crippen LogP contribution is 2.40. The Balaban J connectivity index is 2.09. The van der Waals surface area contributed by atoms with Crippen molar-refractivity contribution in [1.29, 1.82) is 0 Å². The molecule has 0 aliphatic carbocycles. The molecule has 2 N–H and O–H groups in total. The minimum absolute atomic E-state index is 0.0271. The van der Waals surface area contributed by atoms with Crippen molar-refractivity contribution in [2.75, 3.05) is 5.01 Å². The van der Waals surface area contributed by atoms with Crippen LogP contribution >= 0.6 is 0 Å². The van der Waals surface area contributed by atoms with Crippen LogP contribution in [0.4, 0.5) is 32.0 Å². The largest absolute Gasteiger partial charge is 0.431 e. The molecule has 0 bridgehead atoms. The summed E-state index contributed by atoms with van der Waals surface area (Å²) < 4.78 is 103. The van der Waals surface area contributed by atoms with Gasteiger partial charge >= 0.3 is 6.18 Å². The molecule has 12 heteroatoms. The second-order valence-corrected chi connectivity index (χ2v) is 7.47. The van der Waals surface area contributed by atoms with E-state index in [9.17, 15) is 34.8 Å². The van der Waals surface area contributed by atoms with E-state index in [0.29, 0.717) is 6.07 Å². The molecule has 28 heavy (non-hydrogen) atoms. The molecule has 0 fully saturated rings. The SMILES string of the molecule is NS(=O)(=O)c1ccc(N2N=C(C(F)(F)F)CC2c2ccc(F)c(F)c2F)cc1. The zero-order valence-electron chi connectivity index (χ0n) is 13.7. The predicted octanol–water partition coefficient (Wildman–Crippen LogP) is 3.62. The van der Waals surface area contributed by atoms with E-state index in [4.69, 9.17) is 5.14 Å². The number of primary sulfonamides is 1. The van der Waals surface area contributed by atoms with E-state index in [2.05, 4.69) is 5.10 Å². The van der Waals surface area contributed by atoms with Gasteiger partial charge in [0.1, 0.15) is 5.71 Å². The highest BCUT2D eigenvalue weighted by Gasteiger charge is 2.44. The monoisotopic (exact) mass is 423 g/mol. The third-order valence-corrected chi connectivity index (χ3v) is 5.02. The van der Waals surface area contributed by atoms with E-state index in [0.717, 1.165) is 35.3 Å². The fraction of sp³-hybridized carbons (Fsp3) is 0.188. The fourth-order valence-electron chi connectivity index (χ4n) is 2.75. The molecule has 0 saturated heterocycles. The molecule has 150 valence electrons. The van der Waals surface area contributed by atoms with Crippen LogP contribution in [0.25, 0.3) is 0 Å². The average molecular weight is 423 g/mol. The average Bonchev–Trinajstić information content (AvgIpc) is 3.04. The van der Waals surface area contributed by atoms with Gasteiger partial charge in [0, 0.05) is 12.0 Å². The molecule has 1 atom stereocenters. The minimum atomic E-state index is -4.83. The number of hydrazone groups is 1. The summed E-state index contributed by atoms with van der Waals surface area (Å²) >= 11 is 0. The van der Waals surface area contributed by atoms with Crippen LogP contribution in [0.1, 0.15) is 18.0 Å². The molecule has 1 aliphatic rings. The first-order valence-corrected chi connectivity index (χ1v) is 9.14. The lowest BCUT2D eigenvalue weighted by molar-refractivity contribution is -0.0600. The molecule has 2 aromatic carbocycles. The number of anilines is 1. The molecule has 0 spiro atoms. The summed E-state index contributed by atoms with van der Waals surface area (Å²) in [5.74, 6) is -4.93. The standard InChI is InChI=1S/C16H11F6N3O2S/c17-11-6-5-10(14(18)15(11)19)12-7-13(16(20,21)22)24-25(12)8-1-3-9(4-2-8)28(23,26)27/h1-6,12H,7H2,(H2,23,26,27). The van der Waals surface area contributed by atoms with Crippen molar-refractivity contribution >= 4 is 21.4 Å². The lowest BCUT2D eigenvalue weighted by atomic mass is 10.00. The van der Waals surface area contributed by atoms with E-state index < -0.39 is 57.4 Å². The van der Waals surface area contributed by atoms with Gasteiger partial charge in [-0.1, -0.05) is 6.07 Å². The van der Waals surface area contributed by atoms with E-state index in [1.54, 1.807) is 0 Å². The Morgan fingerprint density at radius 3 is 2.14 bits per heavy atom. The van der Waals surface area contributed by atoms with E-state index in [-0.39, 0.29) is 10.6 Å². The number of rotatable bonds is 3. The Bertz CT molecular complexity index is 1050. The summed E-state index contributed by atoms with van der Waals surface area (Å²) in [6.07, 6.45) is -5.65. The molecule has 0 amide bonds. The summed E-state index contributed by atoms with van der Waals surface area (Å²) in [6.45, 7) is 0. The summed E-state index contributed by atoms with van der Waals surface area (Å²) in [4.78, 5) is -0.300. The third kappa shape index (κ3) is 3.69. The van der Waals surface area contributed by atoms with Gasteiger partial charge in [0.25, 0.3) is 0 Å². The predicted molar refractivity (Wildman–Crippen MR) is 87.5 cm³/mol. The zero-order valence-corrected chi connectivity index (χ0v) is 14.5.